The van der Waals surface area contributed by atoms with Crippen LogP contribution in [0.1, 0.15) is 39.4 Å². The van der Waals surface area contributed by atoms with Gasteiger partial charge in [-0.2, -0.15) is 0 Å². The summed E-state index contributed by atoms with van der Waals surface area (Å²) in [6.45, 7) is 5.07. The molecule has 0 saturated heterocycles. The average molecular weight is 366 g/mol. The van der Waals surface area contributed by atoms with E-state index in [-0.39, 0.29) is 24.9 Å². The number of nitrogens with one attached hydrogen (secondary N) is 1. The molecule has 3 rings (SSSR count). The summed E-state index contributed by atoms with van der Waals surface area (Å²) >= 11 is 0. The molecule has 27 heavy (non-hydrogen) atoms. The van der Waals surface area contributed by atoms with Gasteiger partial charge in [0.2, 0.25) is 5.91 Å². The van der Waals surface area contributed by atoms with Crippen LogP contribution in [0, 0.1) is 5.92 Å². The van der Waals surface area contributed by atoms with Crippen molar-refractivity contribution in [2.45, 2.75) is 39.3 Å². The van der Waals surface area contributed by atoms with E-state index < -0.39 is 12.1 Å². The van der Waals surface area contributed by atoms with E-state index in [0.29, 0.717) is 12.0 Å². The maximum absolute atomic E-state index is 13.5. The second-order valence-electron chi connectivity index (χ2n) is 7.17. The second-order valence-corrected chi connectivity index (χ2v) is 7.17. The molecule has 0 bridgehead atoms. The number of carbonyl (C=O) groups excluding carboxylic acids is 3. The molecule has 1 aliphatic rings. The highest BCUT2D eigenvalue weighted by Crippen LogP contribution is 2.34. The fourth-order valence-corrected chi connectivity index (χ4v) is 3.36. The Morgan fingerprint density at radius 1 is 1.04 bits per heavy atom. The van der Waals surface area contributed by atoms with E-state index in [1.54, 1.807) is 18.7 Å². The third kappa shape index (κ3) is 3.77. The molecule has 1 aliphatic heterocycles. The second kappa shape index (κ2) is 7.74. The van der Waals surface area contributed by atoms with Crippen LogP contribution in [0.15, 0.2) is 54.6 Å². The van der Waals surface area contributed by atoms with Crippen molar-refractivity contribution in [3.05, 3.63) is 65.7 Å². The standard InChI is InChI=1S/C22H24N2O3.H2/c1-14(2)21(26)23-20(16-9-5-4-6-10-16)22(27)24-18-12-8-7-11-17(18)13-19(24)15(3)25;/h4-12,14,19-20H,13H2,1-3H3,(H,23,26);1H/t19-,20-;/m0./s1. The number of anilines is 1. The summed E-state index contributed by atoms with van der Waals surface area (Å²) in [6, 6.07) is 15.3. The number of nitrogens with zero attached hydrogens (tertiary/aromatic N) is 1. The number of benzene rings is 2. The highest BCUT2D eigenvalue weighted by atomic mass is 16.2. The van der Waals surface area contributed by atoms with Crippen molar-refractivity contribution in [3.63, 3.8) is 0 Å². The van der Waals surface area contributed by atoms with Gasteiger partial charge in [0.1, 0.15) is 6.04 Å². The third-order valence-electron chi connectivity index (χ3n) is 4.87. The maximum Gasteiger partial charge on any atom is 0.254 e. The summed E-state index contributed by atoms with van der Waals surface area (Å²) in [7, 11) is 0. The zero-order valence-electron chi connectivity index (χ0n) is 15.8. The van der Waals surface area contributed by atoms with Crippen LogP contribution in [-0.2, 0) is 20.8 Å². The molecule has 5 heteroatoms. The Morgan fingerprint density at radius 2 is 1.67 bits per heavy atom. The van der Waals surface area contributed by atoms with Crippen molar-refractivity contribution in [3.8, 4) is 0 Å². The number of Topliss-reactive ketones (excluding diaryl/α,β-unsaturated/α-hetero) is 1. The number of hydrogen-bond donors (Lipinski definition) is 1. The van der Waals surface area contributed by atoms with Crippen molar-refractivity contribution in [1.82, 2.24) is 5.32 Å². The van der Waals surface area contributed by atoms with E-state index >= 15 is 0 Å². The van der Waals surface area contributed by atoms with Gasteiger partial charge in [-0.15, -0.1) is 0 Å². The molecular formula is C22H26N2O3. The fourth-order valence-electron chi connectivity index (χ4n) is 3.36. The summed E-state index contributed by atoms with van der Waals surface area (Å²) in [6.07, 6.45) is 0.497. The van der Waals surface area contributed by atoms with Gasteiger partial charge in [0.05, 0.1) is 6.04 Å². The SMILES string of the molecule is CC(=O)[C@@H]1Cc2ccccc2N1C(=O)[C@@H](NC(=O)C(C)C)c1ccccc1.[HH]. The predicted octanol–water partition coefficient (Wildman–Crippen LogP) is 3.29. The van der Waals surface area contributed by atoms with Crippen LogP contribution in [0.4, 0.5) is 5.69 Å². The van der Waals surface area contributed by atoms with Crippen molar-refractivity contribution in [1.29, 1.82) is 0 Å². The first-order valence-electron chi connectivity index (χ1n) is 9.17. The van der Waals surface area contributed by atoms with Gasteiger partial charge >= 0.3 is 0 Å². The van der Waals surface area contributed by atoms with Gasteiger partial charge in [-0.25, -0.2) is 0 Å². The smallest absolute Gasteiger partial charge is 0.254 e. The minimum atomic E-state index is -0.839. The zero-order valence-corrected chi connectivity index (χ0v) is 15.8. The van der Waals surface area contributed by atoms with Gasteiger partial charge in [0.15, 0.2) is 5.78 Å². The Balaban J connectivity index is 0.00000280. The van der Waals surface area contributed by atoms with Crippen LogP contribution >= 0.6 is 0 Å². The van der Waals surface area contributed by atoms with Crippen molar-refractivity contribution in [2.75, 3.05) is 4.90 Å². The van der Waals surface area contributed by atoms with E-state index in [1.165, 1.54) is 6.92 Å². The molecule has 5 nitrogen and oxygen atoms in total. The molecule has 2 atom stereocenters. The van der Waals surface area contributed by atoms with Crippen LogP contribution in [-0.4, -0.2) is 23.6 Å². The molecule has 0 unspecified atom stereocenters. The largest absolute Gasteiger partial charge is 0.340 e. The van der Waals surface area contributed by atoms with Gasteiger partial charge in [-0.3, -0.25) is 19.3 Å². The molecular weight excluding hydrogens is 340 g/mol. The van der Waals surface area contributed by atoms with Gasteiger partial charge in [-0.05, 0) is 24.1 Å². The fraction of sp³-hybridized carbons (Fsp3) is 0.318. The number of carbonyl (C=O) groups is 3. The number of hydrogen-bond acceptors (Lipinski definition) is 3. The van der Waals surface area contributed by atoms with Crippen LogP contribution in [0.25, 0.3) is 0 Å². The number of amides is 2. The number of rotatable bonds is 5. The van der Waals surface area contributed by atoms with Crippen molar-refractivity contribution in [2.24, 2.45) is 5.92 Å². The summed E-state index contributed by atoms with van der Waals surface area (Å²) in [5.74, 6) is -0.815. The van der Waals surface area contributed by atoms with Gasteiger partial charge in [-0.1, -0.05) is 62.4 Å². The summed E-state index contributed by atoms with van der Waals surface area (Å²) in [5, 5.41) is 2.86. The van der Waals surface area contributed by atoms with E-state index in [2.05, 4.69) is 5.32 Å². The van der Waals surface area contributed by atoms with Gasteiger partial charge < -0.3 is 5.32 Å². The minimum absolute atomic E-state index is 0. The Bertz CT molecular complexity index is 867. The monoisotopic (exact) mass is 366 g/mol. The van der Waals surface area contributed by atoms with Crippen molar-refractivity contribution < 1.29 is 15.8 Å². The van der Waals surface area contributed by atoms with E-state index in [1.807, 2.05) is 54.6 Å². The third-order valence-corrected chi connectivity index (χ3v) is 4.87. The Hall–Kier alpha value is -2.95. The molecule has 2 aromatic carbocycles. The van der Waals surface area contributed by atoms with Crippen LogP contribution in [0.5, 0.6) is 0 Å². The lowest BCUT2D eigenvalue weighted by Crippen LogP contribution is -2.49. The van der Waals surface area contributed by atoms with E-state index in [9.17, 15) is 14.4 Å². The molecule has 0 spiro atoms. The van der Waals surface area contributed by atoms with Crippen LogP contribution < -0.4 is 10.2 Å². The normalized spacial score (nSPS) is 16.7. The quantitative estimate of drug-likeness (QED) is 0.883. The van der Waals surface area contributed by atoms with E-state index in [0.717, 1.165) is 11.3 Å². The van der Waals surface area contributed by atoms with Gasteiger partial charge in [0.25, 0.3) is 5.91 Å². The molecule has 0 aromatic heterocycles. The Labute approximate surface area is 160 Å². The van der Waals surface area contributed by atoms with Crippen LogP contribution in [0.3, 0.4) is 0 Å². The Kier molecular flexibility index (Phi) is 5.40. The number of fused-ring (bicyclic) bond motifs is 1. The average Bonchev–Trinajstić information content (AvgIpc) is 3.06. The molecule has 2 amide bonds. The molecule has 1 heterocycles. The molecule has 0 saturated carbocycles. The molecule has 0 aliphatic carbocycles. The minimum Gasteiger partial charge on any atom is -0.340 e. The van der Waals surface area contributed by atoms with Crippen molar-refractivity contribution >= 4 is 23.3 Å². The summed E-state index contributed by atoms with van der Waals surface area (Å²) in [5.41, 5.74) is 2.40. The van der Waals surface area contributed by atoms with Crippen LogP contribution in [0.2, 0.25) is 0 Å². The Morgan fingerprint density at radius 3 is 2.30 bits per heavy atom. The molecule has 0 fully saturated rings. The predicted molar refractivity (Wildman–Crippen MR) is 106 cm³/mol. The lowest BCUT2D eigenvalue weighted by Gasteiger charge is -2.29. The first-order chi connectivity index (χ1) is 12.9. The maximum atomic E-state index is 13.5. The molecule has 2 aromatic rings. The highest BCUT2D eigenvalue weighted by Gasteiger charge is 2.40. The zero-order chi connectivity index (χ0) is 19.6. The first kappa shape index (κ1) is 18.8. The summed E-state index contributed by atoms with van der Waals surface area (Å²) < 4.78 is 0. The lowest BCUT2D eigenvalue weighted by molar-refractivity contribution is -0.130. The molecule has 1 N–H and O–H groups in total. The topological polar surface area (TPSA) is 66.5 Å². The molecule has 142 valence electrons. The lowest BCUT2D eigenvalue weighted by atomic mass is 10.0. The number of para-hydroxylation sites is 1. The number of ketones is 1. The highest BCUT2D eigenvalue weighted by molar-refractivity contribution is 6.07. The summed E-state index contributed by atoms with van der Waals surface area (Å²) in [4.78, 5) is 39.7. The van der Waals surface area contributed by atoms with E-state index in [4.69, 9.17) is 0 Å². The molecule has 0 radical (unpaired) electrons. The van der Waals surface area contributed by atoms with Gasteiger partial charge in [0, 0.05) is 19.5 Å². The first-order valence-corrected chi connectivity index (χ1v) is 9.17.